The Morgan fingerprint density at radius 2 is 2.00 bits per heavy atom. The lowest BCUT2D eigenvalue weighted by atomic mass is 10.1. The smallest absolute Gasteiger partial charge is 0.243 e. The Bertz CT molecular complexity index is 670. The van der Waals surface area contributed by atoms with Gasteiger partial charge in [0.1, 0.15) is 0 Å². The van der Waals surface area contributed by atoms with E-state index in [0.29, 0.717) is 5.92 Å². The Labute approximate surface area is 132 Å². The molecule has 0 saturated heterocycles. The van der Waals surface area contributed by atoms with Crippen LogP contribution in [0.15, 0.2) is 64.2 Å². The van der Waals surface area contributed by atoms with E-state index in [1.807, 2.05) is 42.5 Å². The lowest BCUT2D eigenvalue weighted by Crippen LogP contribution is -2.20. The van der Waals surface area contributed by atoms with Crippen molar-refractivity contribution in [2.45, 2.75) is 12.3 Å². The van der Waals surface area contributed by atoms with Gasteiger partial charge in [-0.25, -0.2) is 5.43 Å². The Balaban J connectivity index is 1.54. The van der Waals surface area contributed by atoms with Crippen LogP contribution in [0.3, 0.4) is 0 Å². The number of amides is 1. The lowest BCUT2D eigenvalue weighted by molar-refractivity contribution is -0.122. The van der Waals surface area contributed by atoms with Crippen LogP contribution in [0.4, 0.5) is 0 Å². The van der Waals surface area contributed by atoms with E-state index in [2.05, 4.69) is 38.6 Å². The van der Waals surface area contributed by atoms with Gasteiger partial charge in [0.05, 0.1) is 6.21 Å². The maximum absolute atomic E-state index is 12.0. The summed E-state index contributed by atoms with van der Waals surface area (Å²) >= 11 is 3.40. The summed E-state index contributed by atoms with van der Waals surface area (Å²) in [5.74, 6) is 0.384. The molecular weight excluding hydrogens is 328 g/mol. The average Bonchev–Trinajstić information content (AvgIpc) is 3.29. The molecule has 0 heterocycles. The fourth-order valence-electron chi connectivity index (χ4n) is 2.39. The second kappa shape index (κ2) is 6.22. The summed E-state index contributed by atoms with van der Waals surface area (Å²) in [5, 5.41) is 4.03. The van der Waals surface area contributed by atoms with Gasteiger partial charge in [-0.15, -0.1) is 0 Å². The van der Waals surface area contributed by atoms with Crippen molar-refractivity contribution in [2.24, 2.45) is 11.0 Å². The SMILES string of the molecule is O=C(NN=Cc1cccc(Br)c1)C1CC1c1ccccc1. The molecule has 0 aromatic heterocycles. The molecule has 1 N–H and O–H groups in total. The highest BCUT2D eigenvalue weighted by Gasteiger charge is 2.43. The van der Waals surface area contributed by atoms with Crippen LogP contribution >= 0.6 is 15.9 Å². The Hall–Kier alpha value is -1.94. The van der Waals surface area contributed by atoms with E-state index in [1.165, 1.54) is 5.56 Å². The number of nitrogens with zero attached hydrogens (tertiary/aromatic N) is 1. The number of halogens is 1. The Kier molecular flexibility index (Phi) is 4.15. The van der Waals surface area contributed by atoms with Gasteiger partial charge in [-0.3, -0.25) is 4.79 Å². The average molecular weight is 343 g/mol. The summed E-state index contributed by atoms with van der Waals surface area (Å²) in [6.07, 6.45) is 2.56. The molecule has 106 valence electrons. The van der Waals surface area contributed by atoms with Crippen LogP contribution in [-0.2, 0) is 4.79 Å². The third kappa shape index (κ3) is 3.58. The van der Waals surface area contributed by atoms with Crippen molar-refractivity contribution in [3.63, 3.8) is 0 Å². The number of hydrogen-bond acceptors (Lipinski definition) is 2. The van der Waals surface area contributed by atoms with E-state index >= 15 is 0 Å². The van der Waals surface area contributed by atoms with Crippen LogP contribution in [0.25, 0.3) is 0 Å². The topological polar surface area (TPSA) is 41.5 Å². The van der Waals surface area contributed by atoms with Gasteiger partial charge in [-0.2, -0.15) is 5.10 Å². The second-order valence-electron chi connectivity index (χ2n) is 5.15. The van der Waals surface area contributed by atoms with Gasteiger partial charge in [0, 0.05) is 10.4 Å². The van der Waals surface area contributed by atoms with Crippen molar-refractivity contribution in [3.05, 3.63) is 70.2 Å². The first-order valence-corrected chi connectivity index (χ1v) is 7.67. The molecule has 1 saturated carbocycles. The first-order valence-electron chi connectivity index (χ1n) is 6.87. The lowest BCUT2D eigenvalue weighted by Gasteiger charge is -2.00. The molecule has 2 aromatic rings. The van der Waals surface area contributed by atoms with E-state index in [1.54, 1.807) is 6.21 Å². The molecule has 2 atom stereocenters. The standard InChI is InChI=1S/C17H15BrN2O/c18-14-8-4-5-12(9-14)11-19-20-17(21)16-10-15(16)13-6-2-1-3-7-13/h1-9,11,15-16H,10H2,(H,20,21). The second-order valence-corrected chi connectivity index (χ2v) is 6.06. The number of rotatable bonds is 4. The van der Waals surface area contributed by atoms with E-state index < -0.39 is 0 Å². The number of carbonyl (C=O) groups is 1. The number of hydrazone groups is 1. The Morgan fingerprint density at radius 1 is 1.19 bits per heavy atom. The molecule has 0 spiro atoms. The van der Waals surface area contributed by atoms with Gasteiger partial charge in [0.15, 0.2) is 0 Å². The first-order chi connectivity index (χ1) is 10.2. The number of carbonyl (C=O) groups excluding carboxylic acids is 1. The minimum Gasteiger partial charge on any atom is -0.273 e. The minimum atomic E-state index is -0.00454. The van der Waals surface area contributed by atoms with Crippen molar-refractivity contribution in [1.29, 1.82) is 0 Å². The Morgan fingerprint density at radius 3 is 2.76 bits per heavy atom. The molecule has 0 bridgehead atoms. The fraction of sp³-hybridized carbons (Fsp3) is 0.176. The minimum absolute atomic E-state index is 0.00454. The molecule has 1 aliphatic rings. The van der Waals surface area contributed by atoms with Crippen LogP contribution in [-0.4, -0.2) is 12.1 Å². The summed E-state index contributed by atoms with van der Waals surface area (Å²) < 4.78 is 0.990. The fourth-order valence-corrected chi connectivity index (χ4v) is 2.81. The third-order valence-electron chi connectivity index (χ3n) is 3.59. The van der Waals surface area contributed by atoms with Gasteiger partial charge in [0.25, 0.3) is 0 Å². The highest BCUT2D eigenvalue weighted by atomic mass is 79.9. The zero-order valence-electron chi connectivity index (χ0n) is 11.4. The molecule has 2 aromatic carbocycles. The van der Waals surface area contributed by atoms with E-state index in [0.717, 1.165) is 16.5 Å². The van der Waals surface area contributed by atoms with E-state index in [4.69, 9.17) is 0 Å². The van der Waals surface area contributed by atoms with Crippen molar-refractivity contribution in [3.8, 4) is 0 Å². The summed E-state index contributed by atoms with van der Waals surface area (Å²) in [5.41, 5.74) is 4.80. The zero-order valence-corrected chi connectivity index (χ0v) is 13.0. The molecule has 1 amide bonds. The van der Waals surface area contributed by atoms with Crippen LogP contribution in [0.1, 0.15) is 23.5 Å². The highest BCUT2D eigenvalue weighted by molar-refractivity contribution is 9.10. The molecule has 4 heteroatoms. The van der Waals surface area contributed by atoms with Crippen molar-refractivity contribution in [1.82, 2.24) is 5.43 Å². The highest BCUT2D eigenvalue weighted by Crippen LogP contribution is 2.47. The molecule has 2 unspecified atom stereocenters. The van der Waals surface area contributed by atoms with Crippen LogP contribution < -0.4 is 5.43 Å². The summed E-state index contributed by atoms with van der Waals surface area (Å²) in [6.45, 7) is 0. The van der Waals surface area contributed by atoms with Gasteiger partial charge >= 0.3 is 0 Å². The van der Waals surface area contributed by atoms with Gasteiger partial charge in [-0.05, 0) is 35.6 Å². The van der Waals surface area contributed by atoms with Crippen LogP contribution in [0.2, 0.25) is 0 Å². The molecule has 0 radical (unpaired) electrons. The van der Waals surface area contributed by atoms with Crippen molar-refractivity contribution >= 4 is 28.1 Å². The predicted octanol–water partition coefficient (Wildman–Crippen LogP) is 3.70. The quantitative estimate of drug-likeness (QED) is 0.667. The number of nitrogens with one attached hydrogen (secondary N) is 1. The monoisotopic (exact) mass is 342 g/mol. The van der Waals surface area contributed by atoms with Gasteiger partial charge in [0.2, 0.25) is 5.91 Å². The number of benzene rings is 2. The van der Waals surface area contributed by atoms with Crippen molar-refractivity contribution < 1.29 is 4.79 Å². The molecule has 21 heavy (non-hydrogen) atoms. The summed E-state index contributed by atoms with van der Waals surface area (Å²) in [7, 11) is 0. The first kappa shape index (κ1) is 14.0. The normalized spacial score (nSPS) is 20.4. The van der Waals surface area contributed by atoms with E-state index in [9.17, 15) is 4.79 Å². The predicted molar refractivity (Wildman–Crippen MR) is 87.2 cm³/mol. The third-order valence-corrected chi connectivity index (χ3v) is 4.09. The maximum atomic E-state index is 12.0. The maximum Gasteiger partial charge on any atom is 0.243 e. The largest absolute Gasteiger partial charge is 0.273 e. The van der Waals surface area contributed by atoms with Gasteiger partial charge in [-0.1, -0.05) is 58.4 Å². The summed E-state index contributed by atoms with van der Waals surface area (Å²) in [6, 6.07) is 17.9. The number of hydrogen-bond donors (Lipinski definition) is 1. The molecule has 1 aliphatic carbocycles. The van der Waals surface area contributed by atoms with E-state index in [-0.39, 0.29) is 11.8 Å². The molecular formula is C17H15BrN2O. The molecule has 1 fully saturated rings. The molecule has 3 rings (SSSR count). The molecule has 0 aliphatic heterocycles. The molecule has 3 nitrogen and oxygen atoms in total. The zero-order chi connectivity index (χ0) is 14.7. The van der Waals surface area contributed by atoms with Crippen LogP contribution in [0.5, 0.6) is 0 Å². The summed E-state index contributed by atoms with van der Waals surface area (Å²) in [4.78, 5) is 12.0. The van der Waals surface area contributed by atoms with Gasteiger partial charge < -0.3 is 0 Å². The van der Waals surface area contributed by atoms with Crippen LogP contribution in [0, 0.1) is 5.92 Å². The van der Waals surface area contributed by atoms with Crippen molar-refractivity contribution in [2.75, 3.05) is 0 Å².